The molecule has 0 saturated carbocycles. The summed E-state index contributed by atoms with van der Waals surface area (Å²) in [5.41, 5.74) is 3.18. The van der Waals surface area contributed by atoms with Crippen molar-refractivity contribution in [3.05, 3.63) is 35.4 Å². The molecule has 0 fully saturated rings. The number of carbonyl (C=O) groups excluding carboxylic acids is 1. The molecule has 0 radical (unpaired) electrons. The van der Waals surface area contributed by atoms with Gasteiger partial charge in [0.1, 0.15) is 0 Å². The Bertz CT molecular complexity index is 356. The van der Waals surface area contributed by atoms with Gasteiger partial charge in [-0.05, 0) is 36.6 Å². The molecule has 0 aliphatic heterocycles. The molecule has 2 heteroatoms. The highest BCUT2D eigenvalue weighted by molar-refractivity contribution is 5.78. The molecule has 1 aromatic rings. The van der Waals surface area contributed by atoms with Gasteiger partial charge in [-0.1, -0.05) is 45.4 Å². The van der Waals surface area contributed by atoms with Gasteiger partial charge in [0.25, 0.3) is 0 Å². The molecule has 0 unspecified atom stereocenters. The molecule has 0 heterocycles. The highest BCUT2D eigenvalue weighted by Crippen LogP contribution is 2.18. The van der Waals surface area contributed by atoms with Crippen LogP contribution in [0, 0.1) is 0 Å². The summed E-state index contributed by atoms with van der Waals surface area (Å²) >= 11 is 0. The minimum atomic E-state index is 0.702. The molecule has 0 aliphatic rings. The Morgan fingerprint density at radius 2 is 1.88 bits per heavy atom. The Morgan fingerprint density at radius 1 is 1.24 bits per heavy atom. The average molecular weight is 233 g/mol. The van der Waals surface area contributed by atoms with Gasteiger partial charge in [-0.3, -0.25) is 4.79 Å². The Labute approximate surface area is 105 Å². The number of amides is 1. The predicted octanol–water partition coefficient (Wildman–Crippen LogP) is 4.27. The lowest BCUT2D eigenvalue weighted by molar-refractivity contribution is -0.105. The largest absolute Gasteiger partial charge is 0.328 e. The first-order valence-electron chi connectivity index (χ1n) is 6.19. The van der Waals surface area contributed by atoms with Crippen LogP contribution in [-0.4, -0.2) is 6.41 Å². The van der Waals surface area contributed by atoms with Crippen molar-refractivity contribution in [1.82, 2.24) is 0 Å². The standard InChI is InChI=1S/C12H15NO.C3H8/c1-3-5-11-8-10(4-2)6-7-12(11)13-9-14;1-3-2/h3,5-9H,4H2,1-2H3,(H,13,14);3H2,1-2H3/b5-3-;. The second kappa shape index (κ2) is 9.64. The van der Waals surface area contributed by atoms with Crippen LogP contribution >= 0.6 is 0 Å². The molecular weight excluding hydrogens is 210 g/mol. The van der Waals surface area contributed by atoms with Gasteiger partial charge >= 0.3 is 0 Å². The molecule has 0 spiro atoms. The van der Waals surface area contributed by atoms with E-state index in [2.05, 4.69) is 32.2 Å². The third-order valence-corrected chi connectivity index (χ3v) is 2.08. The number of benzene rings is 1. The van der Waals surface area contributed by atoms with Crippen molar-refractivity contribution in [2.24, 2.45) is 0 Å². The van der Waals surface area contributed by atoms with E-state index in [0.29, 0.717) is 6.41 Å². The van der Waals surface area contributed by atoms with Crippen LogP contribution in [0.1, 0.15) is 45.2 Å². The van der Waals surface area contributed by atoms with Crippen LogP contribution in [0.25, 0.3) is 6.08 Å². The summed E-state index contributed by atoms with van der Waals surface area (Å²) in [7, 11) is 0. The van der Waals surface area contributed by atoms with Crippen LogP contribution in [0.3, 0.4) is 0 Å². The van der Waals surface area contributed by atoms with E-state index in [1.54, 1.807) is 0 Å². The van der Waals surface area contributed by atoms with Crippen molar-refractivity contribution < 1.29 is 4.79 Å². The van der Waals surface area contributed by atoms with Crippen molar-refractivity contribution in [1.29, 1.82) is 0 Å². The number of allylic oxidation sites excluding steroid dienone is 1. The Morgan fingerprint density at radius 3 is 2.35 bits per heavy atom. The number of aryl methyl sites for hydroxylation is 1. The molecule has 0 bridgehead atoms. The van der Waals surface area contributed by atoms with E-state index in [1.165, 1.54) is 12.0 Å². The quantitative estimate of drug-likeness (QED) is 0.773. The Balaban J connectivity index is 0.000000770. The number of rotatable bonds is 4. The smallest absolute Gasteiger partial charge is 0.211 e. The van der Waals surface area contributed by atoms with Crippen molar-refractivity contribution in [2.75, 3.05) is 5.32 Å². The first-order chi connectivity index (χ1) is 8.23. The molecule has 1 aromatic carbocycles. The monoisotopic (exact) mass is 233 g/mol. The van der Waals surface area contributed by atoms with Crippen LogP contribution in [0.5, 0.6) is 0 Å². The van der Waals surface area contributed by atoms with Gasteiger partial charge < -0.3 is 5.32 Å². The van der Waals surface area contributed by atoms with Crippen molar-refractivity contribution >= 4 is 18.2 Å². The first-order valence-corrected chi connectivity index (χ1v) is 6.19. The summed E-state index contributed by atoms with van der Waals surface area (Å²) in [4.78, 5) is 10.4. The van der Waals surface area contributed by atoms with E-state index in [9.17, 15) is 4.79 Å². The maximum atomic E-state index is 10.4. The average Bonchev–Trinajstić information content (AvgIpc) is 2.33. The predicted molar refractivity (Wildman–Crippen MR) is 76.2 cm³/mol. The molecule has 17 heavy (non-hydrogen) atoms. The summed E-state index contributed by atoms with van der Waals surface area (Å²) in [6.07, 6.45) is 6.91. The van der Waals surface area contributed by atoms with Gasteiger partial charge in [-0.2, -0.15) is 0 Å². The van der Waals surface area contributed by atoms with Gasteiger partial charge in [0.05, 0.1) is 0 Å². The zero-order valence-corrected chi connectivity index (χ0v) is 11.3. The summed E-state index contributed by atoms with van der Waals surface area (Å²) in [6, 6.07) is 6.05. The van der Waals surface area contributed by atoms with Crippen molar-refractivity contribution in [3.63, 3.8) is 0 Å². The third-order valence-electron chi connectivity index (χ3n) is 2.08. The summed E-state index contributed by atoms with van der Waals surface area (Å²) in [6.45, 7) is 8.32. The Kier molecular flexibility index (Phi) is 8.75. The van der Waals surface area contributed by atoms with E-state index in [0.717, 1.165) is 17.7 Å². The fraction of sp³-hybridized carbons (Fsp3) is 0.400. The zero-order valence-electron chi connectivity index (χ0n) is 11.3. The first kappa shape index (κ1) is 15.4. The van der Waals surface area contributed by atoms with Crippen LogP contribution < -0.4 is 5.32 Å². The van der Waals surface area contributed by atoms with Gasteiger partial charge in [-0.15, -0.1) is 0 Å². The summed E-state index contributed by atoms with van der Waals surface area (Å²) in [5.74, 6) is 0. The van der Waals surface area contributed by atoms with Gasteiger partial charge in [-0.25, -0.2) is 0 Å². The number of carbonyl (C=O) groups is 1. The molecule has 0 aromatic heterocycles. The van der Waals surface area contributed by atoms with E-state index < -0.39 is 0 Å². The fourth-order valence-electron chi connectivity index (χ4n) is 1.34. The molecule has 1 rings (SSSR count). The van der Waals surface area contributed by atoms with Gasteiger partial charge in [0, 0.05) is 5.69 Å². The fourth-order valence-corrected chi connectivity index (χ4v) is 1.34. The number of anilines is 1. The number of hydrogen-bond donors (Lipinski definition) is 1. The third kappa shape index (κ3) is 5.91. The minimum Gasteiger partial charge on any atom is -0.328 e. The minimum absolute atomic E-state index is 0.702. The molecule has 0 saturated heterocycles. The van der Waals surface area contributed by atoms with E-state index in [-0.39, 0.29) is 0 Å². The van der Waals surface area contributed by atoms with Gasteiger partial charge in [0.15, 0.2) is 0 Å². The Hall–Kier alpha value is -1.57. The molecule has 1 N–H and O–H groups in total. The normalized spacial score (nSPS) is 9.65. The maximum absolute atomic E-state index is 10.4. The lowest BCUT2D eigenvalue weighted by Crippen LogP contribution is -1.97. The van der Waals surface area contributed by atoms with Crippen molar-refractivity contribution in [3.8, 4) is 0 Å². The van der Waals surface area contributed by atoms with Crippen molar-refractivity contribution in [2.45, 2.75) is 40.5 Å². The summed E-state index contributed by atoms with van der Waals surface area (Å²) in [5, 5.41) is 2.68. The van der Waals surface area contributed by atoms with Crippen LogP contribution in [-0.2, 0) is 11.2 Å². The molecular formula is C15H23NO. The number of nitrogens with one attached hydrogen (secondary N) is 1. The van der Waals surface area contributed by atoms with Crippen LogP contribution in [0.2, 0.25) is 0 Å². The lowest BCUT2D eigenvalue weighted by atomic mass is 10.1. The highest BCUT2D eigenvalue weighted by Gasteiger charge is 1.99. The zero-order chi connectivity index (χ0) is 13.1. The molecule has 0 aliphatic carbocycles. The highest BCUT2D eigenvalue weighted by atomic mass is 16.1. The van der Waals surface area contributed by atoms with Crippen LogP contribution in [0.4, 0.5) is 5.69 Å². The van der Waals surface area contributed by atoms with E-state index in [1.807, 2.05) is 31.2 Å². The second-order valence-corrected chi connectivity index (χ2v) is 3.74. The molecule has 0 atom stereocenters. The summed E-state index contributed by atoms with van der Waals surface area (Å²) < 4.78 is 0. The topological polar surface area (TPSA) is 29.1 Å². The van der Waals surface area contributed by atoms with Crippen LogP contribution in [0.15, 0.2) is 24.3 Å². The molecule has 2 nitrogen and oxygen atoms in total. The lowest BCUT2D eigenvalue weighted by Gasteiger charge is -2.06. The molecule has 94 valence electrons. The van der Waals surface area contributed by atoms with E-state index >= 15 is 0 Å². The van der Waals surface area contributed by atoms with E-state index in [4.69, 9.17) is 0 Å². The van der Waals surface area contributed by atoms with Gasteiger partial charge in [0.2, 0.25) is 6.41 Å². The second-order valence-electron chi connectivity index (χ2n) is 3.74. The maximum Gasteiger partial charge on any atom is 0.211 e. The number of hydrogen-bond acceptors (Lipinski definition) is 1. The SMILES string of the molecule is C/C=C\c1cc(CC)ccc1NC=O.CCC. The molecule has 1 amide bonds.